The number of hydrogen-bond acceptors (Lipinski definition) is 7. The highest BCUT2D eigenvalue weighted by molar-refractivity contribution is 7.99. The predicted octanol–water partition coefficient (Wildman–Crippen LogP) is 2.47. The number of aliphatic hydroxyl groups is 1. The lowest BCUT2D eigenvalue weighted by Gasteiger charge is -2.18. The highest BCUT2D eigenvalue weighted by Gasteiger charge is 2.30. The Kier molecular flexibility index (Phi) is 7.54. The number of nitrogens with zero attached hydrogens (tertiary/aromatic N) is 4. The van der Waals surface area contributed by atoms with Crippen molar-refractivity contribution in [3.05, 3.63) is 12.2 Å². The average molecular weight is 340 g/mol. The summed E-state index contributed by atoms with van der Waals surface area (Å²) in [6, 6.07) is -0.0717. The van der Waals surface area contributed by atoms with Gasteiger partial charge in [-0.1, -0.05) is 19.1 Å². The Balaban J connectivity index is 1.63. The second-order valence-corrected chi connectivity index (χ2v) is 6.60. The smallest absolute Gasteiger partial charge is 0.410 e. The van der Waals surface area contributed by atoms with Crippen LogP contribution in [0.4, 0.5) is 4.79 Å². The Morgan fingerprint density at radius 1 is 1.52 bits per heavy atom. The van der Waals surface area contributed by atoms with Crippen LogP contribution >= 0.6 is 11.8 Å². The fraction of sp³-hybridized carbons (Fsp3) is 0.733. The molecule has 0 bridgehead atoms. The first-order valence-electron chi connectivity index (χ1n) is 7.99. The maximum atomic E-state index is 11.8. The van der Waals surface area contributed by atoms with Crippen molar-refractivity contribution in [2.24, 2.45) is 15.2 Å². The number of rotatable bonds is 10. The Bertz CT molecular complexity index is 481. The van der Waals surface area contributed by atoms with Gasteiger partial charge < -0.3 is 9.84 Å². The minimum absolute atomic E-state index is 0.0717. The molecule has 0 aromatic carbocycles. The predicted molar refractivity (Wildman–Crippen MR) is 91.0 cm³/mol. The zero-order valence-corrected chi connectivity index (χ0v) is 14.2. The molecule has 2 aliphatic heterocycles. The first-order valence-corrected chi connectivity index (χ1v) is 9.14. The number of amides is 1. The second-order valence-electron chi connectivity index (χ2n) is 5.37. The molecule has 8 heteroatoms. The Hall–Kier alpha value is -1.41. The van der Waals surface area contributed by atoms with Crippen LogP contribution in [0, 0.1) is 0 Å². The molecule has 0 radical (unpaired) electrons. The van der Waals surface area contributed by atoms with Gasteiger partial charge in [-0.2, -0.15) is 16.9 Å². The van der Waals surface area contributed by atoms with Gasteiger partial charge in [0.05, 0.1) is 12.1 Å². The van der Waals surface area contributed by atoms with Crippen LogP contribution in [0.2, 0.25) is 0 Å². The number of cyclic esters (lactones) is 1. The number of hydrogen-bond donors (Lipinski definition) is 1. The minimum atomic E-state index is -0.461. The SMILES string of the molecule is CC[C@H](O)/C=C/[C@H]1COC(=O)N1CCSCCCC1=NCN=N1. The molecule has 1 amide bonds. The maximum Gasteiger partial charge on any atom is 0.410 e. The number of amidine groups is 1. The second kappa shape index (κ2) is 9.67. The van der Waals surface area contributed by atoms with Crippen molar-refractivity contribution in [3.8, 4) is 0 Å². The molecule has 128 valence electrons. The van der Waals surface area contributed by atoms with Gasteiger partial charge in [-0.3, -0.25) is 4.90 Å². The molecular weight excluding hydrogens is 316 g/mol. The molecule has 2 aliphatic rings. The number of aliphatic hydroxyl groups excluding tert-OH is 1. The largest absolute Gasteiger partial charge is 0.447 e. The molecular formula is C15H24N4O3S. The van der Waals surface area contributed by atoms with Crippen molar-refractivity contribution >= 4 is 23.7 Å². The van der Waals surface area contributed by atoms with E-state index in [-0.39, 0.29) is 12.1 Å². The Labute approximate surface area is 140 Å². The van der Waals surface area contributed by atoms with Crippen LogP contribution < -0.4 is 0 Å². The molecule has 0 saturated carbocycles. The lowest BCUT2D eigenvalue weighted by molar-refractivity contribution is 0.159. The molecule has 2 rings (SSSR count). The van der Waals surface area contributed by atoms with Gasteiger partial charge in [0.2, 0.25) is 0 Å². The zero-order valence-electron chi connectivity index (χ0n) is 13.4. The van der Waals surface area contributed by atoms with Gasteiger partial charge in [-0.25, -0.2) is 9.79 Å². The van der Waals surface area contributed by atoms with Crippen LogP contribution in [0.3, 0.4) is 0 Å². The number of carbonyl (C=O) groups excluding carboxylic acids is 1. The van der Waals surface area contributed by atoms with Crippen molar-refractivity contribution in [3.63, 3.8) is 0 Å². The number of thioether (sulfide) groups is 1. The van der Waals surface area contributed by atoms with Crippen LogP contribution in [0.5, 0.6) is 0 Å². The minimum Gasteiger partial charge on any atom is -0.447 e. The van der Waals surface area contributed by atoms with E-state index in [4.69, 9.17) is 4.74 Å². The maximum absolute atomic E-state index is 11.8. The van der Waals surface area contributed by atoms with Gasteiger partial charge in [-0.15, -0.1) is 5.11 Å². The number of aliphatic imine (C=N–C) groups is 1. The third-order valence-electron chi connectivity index (χ3n) is 3.65. The molecule has 7 nitrogen and oxygen atoms in total. The average Bonchev–Trinajstić information content (AvgIpc) is 3.19. The molecule has 1 N–H and O–H groups in total. The molecule has 1 fully saturated rings. The molecule has 0 spiro atoms. The lowest BCUT2D eigenvalue weighted by Crippen LogP contribution is -2.34. The Morgan fingerprint density at radius 3 is 3.13 bits per heavy atom. The first kappa shape index (κ1) is 17.9. The van der Waals surface area contributed by atoms with Gasteiger partial charge in [0.25, 0.3) is 0 Å². The third kappa shape index (κ3) is 5.95. The monoisotopic (exact) mass is 340 g/mol. The van der Waals surface area contributed by atoms with E-state index in [1.165, 1.54) is 0 Å². The summed E-state index contributed by atoms with van der Waals surface area (Å²) in [5.74, 6) is 2.71. The summed E-state index contributed by atoms with van der Waals surface area (Å²) in [5, 5.41) is 17.3. The lowest BCUT2D eigenvalue weighted by atomic mass is 10.2. The molecule has 2 atom stereocenters. The number of ether oxygens (including phenoxy) is 1. The van der Waals surface area contributed by atoms with Gasteiger partial charge in [0, 0.05) is 18.7 Å². The van der Waals surface area contributed by atoms with E-state index < -0.39 is 6.10 Å². The molecule has 2 heterocycles. The third-order valence-corrected chi connectivity index (χ3v) is 4.70. The van der Waals surface area contributed by atoms with E-state index in [1.807, 2.05) is 13.0 Å². The van der Waals surface area contributed by atoms with Crippen LogP contribution in [0.1, 0.15) is 26.2 Å². The summed E-state index contributed by atoms with van der Waals surface area (Å²) in [7, 11) is 0. The molecule has 0 unspecified atom stereocenters. The summed E-state index contributed by atoms with van der Waals surface area (Å²) in [6.45, 7) is 3.40. The van der Waals surface area contributed by atoms with Crippen molar-refractivity contribution < 1.29 is 14.6 Å². The van der Waals surface area contributed by atoms with E-state index in [0.717, 1.165) is 30.2 Å². The van der Waals surface area contributed by atoms with Crippen molar-refractivity contribution in [2.45, 2.75) is 38.3 Å². The summed E-state index contributed by atoms with van der Waals surface area (Å²) in [6.07, 6.45) is 5.42. The van der Waals surface area contributed by atoms with Gasteiger partial charge >= 0.3 is 6.09 Å². The van der Waals surface area contributed by atoms with E-state index >= 15 is 0 Å². The normalized spacial score (nSPS) is 22.0. The fourth-order valence-electron chi connectivity index (χ4n) is 2.26. The number of azo groups is 1. The standard InChI is InChI=1S/C15H24N4O3S/c1-2-13(20)6-5-12-10-22-15(21)19(12)7-9-23-8-3-4-14-16-11-17-18-14/h5-6,12-13,20H,2-4,7-11H2,1H3/b6-5+/t12-,13-/m0/s1. The van der Waals surface area contributed by atoms with E-state index in [1.54, 1.807) is 22.7 Å². The summed E-state index contributed by atoms with van der Waals surface area (Å²) in [5.41, 5.74) is 0. The quantitative estimate of drug-likeness (QED) is 0.489. The van der Waals surface area contributed by atoms with Gasteiger partial charge in [0.15, 0.2) is 6.67 Å². The molecule has 1 saturated heterocycles. The van der Waals surface area contributed by atoms with Crippen molar-refractivity contribution in [1.82, 2.24) is 4.90 Å². The van der Waals surface area contributed by atoms with Crippen LogP contribution in [0.15, 0.2) is 27.4 Å². The van der Waals surface area contributed by atoms with E-state index in [9.17, 15) is 9.90 Å². The highest BCUT2D eigenvalue weighted by Crippen LogP contribution is 2.16. The van der Waals surface area contributed by atoms with Gasteiger partial charge in [-0.05, 0) is 18.6 Å². The molecule has 0 aromatic heterocycles. The van der Waals surface area contributed by atoms with Crippen molar-refractivity contribution in [1.29, 1.82) is 0 Å². The summed E-state index contributed by atoms with van der Waals surface area (Å²) >= 11 is 1.81. The Morgan fingerprint density at radius 2 is 2.39 bits per heavy atom. The highest BCUT2D eigenvalue weighted by atomic mass is 32.2. The molecule has 0 aromatic rings. The first-order chi connectivity index (χ1) is 11.2. The van der Waals surface area contributed by atoms with E-state index in [2.05, 4.69) is 15.2 Å². The number of carbonyl (C=O) groups is 1. The zero-order chi connectivity index (χ0) is 16.5. The summed E-state index contributed by atoms with van der Waals surface area (Å²) < 4.78 is 5.10. The summed E-state index contributed by atoms with van der Waals surface area (Å²) in [4.78, 5) is 17.6. The molecule has 0 aliphatic carbocycles. The fourth-order valence-corrected chi connectivity index (χ4v) is 3.14. The molecule has 23 heavy (non-hydrogen) atoms. The van der Waals surface area contributed by atoms with Gasteiger partial charge in [0.1, 0.15) is 12.4 Å². The van der Waals surface area contributed by atoms with Crippen LogP contribution in [-0.2, 0) is 4.74 Å². The van der Waals surface area contributed by atoms with E-state index in [0.29, 0.717) is 26.2 Å². The van der Waals surface area contributed by atoms with Crippen LogP contribution in [0.25, 0.3) is 0 Å². The van der Waals surface area contributed by atoms with Crippen molar-refractivity contribution in [2.75, 3.05) is 31.3 Å². The van der Waals surface area contributed by atoms with Crippen LogP contribution in [-0.4, -0.2) is 65.4 Å². The topological polar surface area (TPSA) is 86.9 Å².